The van der Waals surface area contributed by atoms with Gasteiger partial charge in [-0.05, 0) is 13.7 Å². The van der Waals surface area contributed by atoms with Gasteiger partial charge in [-0.3, -0.25) is 0 Å². The van der Waals surface area contributed by atoms with Gasteiger partial charge in [0.25, 0.3) is 0 Å². The van der Waals surface area contributed by atoms with E-state index < -0.39 is 0 Å². The molecule has 1 heterocycles. The molecule has 1 aliphatic heterocycles. The lowest BCUT2D eigenvalue weighted by molar-refractivity contribution is 0.543. The molecule has 0 aromatic heterocycles. The molecule has 1 aromatic carbocycles. The number of allylic oxidation sites excluding steroid dienone is 1. The summed E-state index contributed by atoms with van der Waals surface area (Å²) in [6.45, 7) is 4.03. The third kappa shape index (κ3) is 1.54. The lowest BCUT2D eigenvalue weighted by atomic mass is 9.89. The van der Waals surface area contributed by atoms with Gasteiger partial charge in [0.2, 0.25) is 0 Å². The fraction of sp³-hybridized carbons (Fsp3) is 0.200. The van der Waals surface area contributed by atoms with Crippen LogP contribution < -0.4 is 5.23 Å². The van der Waals surface area contributed by atoms with Gasteiger partial charge in [-0.1, -0.05) is 30.3 Å². The molecule has 0 radical (unpaired) electrons. The van der Waals surface area contributed by atoms with Crippen molar-refractivity contribution < 1.29 is 4.65 Å². The van der Waals surface area contributed by atoms with Gasteiger partial charge < -0.3 is 9.88 Å². The predicted octanol–water partition coefficient (Wildman–Crippen LogP) is 2.11. The van der Waals surface area contributed by atoms with Gasteiger partial charge >= 0.3 is 7.05 Å². The summed E-state index contributed by atoms with van der Waals surface area (Å²) in [5, 5.41) is 3.22. The van der Waals surface area contributed by atoms with Crippen LogP contribution in [-0.4, -0.2) is 7.05 Å². The summed E-state index contributed by atoms with van der Waals surface area (Å²) < 4.78 is 5.63. The number of benzene rings is 1. The first-order chi connectivity index (χ1) is 6.27. The molecular formula is C10H12BNO. The fourth-order valence-corrected chi connectivity index (χ4v) is 1.54. The summed E-state index contributed by atoms with van der Waals surface area (Å²) in [6, 6.07) is 10.1. The number of hydrogen-bond donors (Lipinski definition) is 1. The minimum atomic E-state index is 0.0928. The molecule has 0 spiro atoms. The van der Waals surface area contributed by atoms with Crippen LogP contribution in [0.25, 0.3) is 5.76 Å². The normalized spacial score (nSPS) is 15.7. The number of nitrogens with one attached hydrogen (secondary N) is 1. The summed E-state index contributed by atoms with van der Waals surface area (Å²) in [4.78, 5) is 0. The molecule has 2 nitrogen and oxygen atoms in total. The van der Waals surface area contributed by atoms with Gasteiger partial charge in [0.1, 0.15) is 5.76 Å². The van der Waals surface area contributed by atoms with Crippen LogP contribution in [0.3, 0.4) is 0 Å². The Kier molecular flexibility index (Phi) is 2.01. The summed E-state index contributed by atoms with van der Waals surface area (Å²) >= 11 is 0. The average molecular weight is 173 g/mol. The molecule has 0 saturated heterocycles. The van der Waals surface area contributed by atoms with E-state index in [2.05, 4.69) is 17.4 Å². The topological polar surface area (TPSA) is 21.3 Å². The molecule has 0 atom stereocenters. The lowest BCUT2D eigenvalue weighted by Gasteiger charge is -2.04. The second-order valence-corrected chi connectivity index (χ2v) is 3.22. The highest BCUT2D eigenvalue weighted by molar-refractivity contribution is 6.50. The highest BCUT2D eigenvalue weighted by Crippen LogP contribution is 2.23. The first-order valence-electron chi connectivity index (χ1n) is 4.47. The minimum Gasteiger partial charge on any atom is -0.540 e. The first-order valence-corrected chi connectivity index (χ1v) is 4.47. The fourth-order valence-electron chi connectivity index (χ4n) is 1.54. The van der Waals surface area contributed by atoms with Crippen molar-refractivity contribution in [1.82, 2.24) is 5.23 Å². The van der Waals surface area contributed by atoms with E-state index in [0.29, 0.717) is 0 Å². The maximum absolute atomic E-state index is 5.63. The third-order valence-corrected chi connectivity index (χ3v) is 2.09. The minimum absolute atomic E-state index is 0.0928. The molecule has 3 heteroatoms. The Balaban J connectivity index is 2.33. The summed E-state index contributed by atoms with van der Waals surface area (Å²) in [5.74, 6) is 0.966. The summed E-state index contributed by atoms with van der Waals surface area (Å²) in [6.07, 6.45) is 0. The maximum atomic E-state index is 5.63. The standard InChI is InChI=1S/C10H12BNO/c1-8-10(13-11(2)12-8)9-6-4-3-5-7-9/h3-7,12H,1-2H3. The van der Waals surface area contributed by atoms with E-state index in [1.807, 2.05) is 31.9 Å². The second kappa shape index (κ2) is 3.17. The zero-order valence-corrected chi connectivity index (χ0v) is 7.87. The van der Waals surface area contributed by atoms with Crippen molar-refractivity contribution in [3.63, 3.8) is 0 Å². The molecule has 2 rings (SSSR count). The van der Waals surface area contributed by atoms with Crippen LogP contribution in [0.4, 0.5) is 0 Å². The molecule has 1 N–H and O–H groups in total. The van der Waals surface area contributed by atoms with Crippen LogP contribution >= 0.6 is 0 Å². The molecule has 0 bridgehead atoms. The highest BCUT2D eigenvalue weighted by Gasteiger charge is 2.23. The van der Waals surface area contributed by atoms with E-state index in [4.69, 9.17) is 4.65 Å². The average Bonchev–Trinajstić information content (AvgIpc) is 2.47. The summed E-state index contributed by atoms with van der Waals surface area (Å²) in [5.41, 5.74) is 2.25. The van der Waals surface area contributed by atoms with E-state index in [0.717, 1.165) is 17.0 Å². The molecule has 1 aliphatic rings. The zero-order valence-electron chi connectivity index (χ0n) is 7.87. The Labute approximate surface area is 78.7 Å². The lowest BCUT2D eigenvalue weighted by Crippen LogP contribution is -2.24. The zero-order chi connectivity index (χ0) is 9.26. The van der Waals surface area contributed by atoms with E-state index in [9.17, 15) is 0 Å². The first kappa shape index (κ1) is 8.23. The van der Waals surface area contributed by atoms with Gasteiger partial charge in [0, 0.05) is 11.3 Å². The van der Waals surface area contributed by atoms with Gasteiger partial charge in [-0.15, -0.1) is 0 Å². The van der Waals surface area contributed by atoms with Crippen molar-refractivity contribution in [3.8, 4) is 0 Å². The molecule has 0 saturated carbocycles. The van der Waals surface area contributed by atoms with Crippen molar-refractivity contribution in [1.29, 1.82) is 0 Å². The summed E-state index contributed by atoms with van der Waals surface area (Å²) in [7, 11) is 0.0928. The van der Waals surface area contributed by atoms with Crippen LogP contribution in [0, 0.1) is 0 Å². The van der Waals surface area contributed by atoms with Crippen molar-refractivity contribution in [3.05, 3.63) is 41.6 Å². The van der Waals surface area contributed by atoms with Crippen LogP contribution in [0.2, 0.25) is 6.82 Å². The van der Waals surface area contributed by atoms with Gasteiger partial charge in [0.15, 0.2) is 0 Å². The van der Waals surface area contributed by atoms with Crippen LogP contribution in [0.1, 0.15) is 12.5 Å². The Morgan fingerprint density at radius 2 is 1.92 bits per heavy atom. The van der Waals surface area contributed by atoms with Crippen LogP contribution in [-0.2, 0) is 4.65 Å². The SMILES string of the molecule is CB1NC(C)=C(c2ccccc2)O1. The monoisotopic (exact) mass is 173 g/mol. The van der Waals surface area contributed by atoms with E-state index in [-0.39, 0.29) is 7.05 Å². The molecule has 0 unspecified atom stereocenters. The number of hydrogen-bond acceptors (Lipinski definition) is 2. The maximum Gasteiger partial charge on any atom is 0.476 e. The Morgan fingerprint density at radius 1 is 1.23 bits per heavy atom. The van der Waals surface area contributed by atoms with E-state index in [1.54, 1.807) is 0 Å². The molecule has 66 valence electrons. The largest absolute Gasteiger partial charge is 0.540 e. The van der Waals surface area contributed by atoms with Crippen molar-refractivity contribution in [2.75, 3.05) is 0 Å². The molecular weight excluding hydrogens is 161 g/mol. The van der Waals surface area contributed by atoms with Gasteiger partial charge in [0.05, 0.1) is 0 Å². The smallest absolute Gasteiger partial charge is 0.476 e. The van der Waals surface area contributed by atoms with Gasteiger partial charge in [-0.2, -0.15) is 0 Å². The van der Waals surface area contributed by atoms with Crippen molar-refractivity contribution in [2.24, 2.45) is 0 Å². The van der Waals surface area contributed by atoms with Crippen molar-refractivity contribution >= 4 is 12.8 Å². The Morgan fingerprint density at radius 3 is 2.46 bits per heavy atom. The molecule has 0 aliphatic carbocycles. The highest BCUT2D eigenvalue weighted by atomic mass is 16.5. The molecule has 0 fully saturated rings. The van der Waals surface area contributed by atoms with Crippen molar-refractivity contribution in [2.45, 2.75) is 13.7 Å². The van der Waals surface area contributed by atoms with Crippen LogP contribution in [0.15, 0.2) is 36.0 Å². The Hall–Kier alpha value is -1.38. The number of rotatable bonds is 1. The quantitative estimate of drug-likeness (QED) is 0.656. The van der Waals surface area contributed by atoms with E-state index in [1.165, 1.54) is 0 Å². The predicted molar refractivity (Wildman–Crippen MR) is 54.9 cm³/mol. The Bertz CT molecular complexity index is 334. The molecule has 13 heavy (non-hydrogen) atoms. The van der Waals surface area contributed by atoms with Gasteiger partial charge in [-0.25, -0.2) is 0 Å². The van der Waals surface area contributed by atoms with Crippen LogP contribution in [0.5, 0.6) is 0 Å². The van der Waals surface area contributed by atoms with E-state index >= 15 is 0 Å². The third-order valence-electron chi connectivity index (χ3n) is 2.09. The second-order valence-electron chi connectivity index (χ2n) is 3.22. The molecule has 0 amide bonds. The molecule has 1 aromatic rings.